The molecule has 0 spiro atoms. The number of methoxy groups -OCH3 is 1. The van der Waals surface area contributed by atoms with Gasteiger partial charge in [-0.2, -0.15) is 0 Å². The lowest BCUT2D eigenvalue weighted by Gasteiger charge is -2.27. The molecule has 1 rings (SSSR count). The summed E-state index contributed by atoms with van der Waals surface area (Å²) in [6, 6.07) is 5.86. The lowest BCUT2D eigenvalue weighted by molar-refractivity contribution is 0.306. The lowest BCUT2D eigenvalue weighted by Crippen LogP contribution is -2.26. The quantitative estimate of drug-likeness (QED) is 0.875. The van der Waals surface area contributed by atoms with Crippen molar-refractivity contribution in [3.63, 3.8) is 0 Å². The molecule has 1 atom stereocenters. The van der Waals surface area contributed by atoms with Gasteiger partial charge in [-0.3, -0.25) is 0 Å². The van der Waals surface area contributed by atoms with Crippen LogP contribution in [0.2, 0.25) is 0 Å². The number of nitrogens with two attached hydrogens (primary N) is 1. The van der Waals surface area contributed by atoms with Crippen LogP contribution in [0.4, 0.5) is 0 Å². The van der Waals surface area contributed by atoms with E-state index < -0.39 is 0 Å². The summed E-state index contributed by atoms with van der Waals surface area (Å²) in [5.74, 6) is 1.50. The minimum absolute atomic E-state index is 0.0212. The molecule has 0 amide bonds. The highest BCUT2D eigenvalue weighted by Gasteiger charge is 2.23. The summed E-state index contributed by atoms with van der Waals surface area (Å²) < 4.78 is 10.8. The second kappa shape index (κ2) is 5.41. The van der Waals surface area contributed by atoms with Crippen molar-refractivity contribution in [3.05, 3.63) is 23.8 Å². The Hall–Kier alpha value is -1.22. The van der Waals surface area contributed by atoms with Gasteiger partial charge >= 0.3 is 0 Å². The largest absolute Gasteiger partial charge is 0.493 e. The molecule has 0 aliphatic rings. The molecule has 0 saturated carbocycles. The van der Waals surface area contributed by atoms with Crippen molar-refractivity contribution in [2.75, 3.05) is 13.7 Å². The van der Waals surface area contributed by atoms with Crippen LogP contribution in [0.3, 0.4) is 0 Å². The van der Waals surface area contributed by atoms with E-state index in [0.29, 0.717) is 6.61 Å². The topological polar surface area (TPSA) is 44.5 Å². The Labute approximate surface area is 104 Å². The third-order valence-electron chi connectivity index (χ3n) is 2.78. The van der Waals surface area contributed by atoms with E-state index in [1.807, 2.05) is 25.1 Å². The molecule has 1 aromatic rings. The van der Waals surface area contributed by atoms with Gasteiger partial charge in [-0.25, -0.2) is 0 Å². The van der Waals surface area contributed by atoms with E-state index >= 15 is 0 Å². The van der Waals surface area contributed by atoms with Crippen molar-refractivity contribution >= 4 is 0 Å². The van der Waals surface area contributed by atoms with Crippen LogP contribution in [-0.4, -0.2) is 13.7 Å². The van der Waals surface area contributed by atoms with Crippen molar-refractivity contribution < 1.29 is 9.47 Å². The Kier molecular flexibility index (Phi) is 4.40. The fraction of sp³-hybridized carbons (Fsp3) is 0.571. The molecule has 3 heteroatoms. The number of ether oxygens (including phenoxy) is 2. The highest BCUT2D eigenvalue weighted by Crippen LogP contribution is 2.35. The van der Waals surface area contributed by atoms with Crippen LogP contribution in [0.25, 0.3) is 0 Å². The Balaban J connectivity index is 3.05. The zero-order valence-corrected chi connectivity index (χ0v) is 11.4. The first-order valence-electron chi connectivity index (χ1n) is 5.96. The Morgan fingerprint density at radius 2 is 1.88 bits per heavy atom. The number of hydrogen-bond acceptors (Lipinski definition) is 3. The van der Waals surface area contributed by atoms with Gasteiger partial charge in [0.2, 0.25) is 0 Å². The molecule has 2 N–H and O–H groups in total. The summed E-state index contributed by atoms with van der Waals surface area (Å²) in [5.41, 5.74) is 7.32. The van der Waals surface area contributed by atoms with Crippen LogP contribution in [0.5, 0.6) is 11.5 Å². The first-order valence-corrected chi connectivity index (χ1v) is 5.96. The number of rotatable bonds is 4. The molecule has 0 fully saturated rings. The summed E-state index contributed by atoms with van der Waals surface area (Å²) in [5, 5.41) is 0. The van der Waals surface area contributed by atoms with Gasteiger partial charge in [0.05, 0.1) is 13.7 Å². The zero-order valence-electron chi connectivity index (χ0n) is 11.4. The Morgan fingerprint density at radius 1 is 1.24 bits per heavy atom. The van der Waals surface area contributed by atoms with Gasteiger partial charge in [0.1, 0.15) is 0 Å². The summed E-state index contributed by atoms with van der Waals surface area (Å²) in [6.45, 7) is 8.96. The van der Waals surface area contributed by atoms with Gasteiger partial charge in [-0.15, -0.1) is 0 Å². The van der Waals surface area contributed by atoms with Crippen molar-refractivity contribution in [1.82, 2.24) is 0 Å². The SMILES string of the molecule is CCOc1ccc([C@@H](N)C(C)(C)C)cc1OC. The monoisotopic (exact) mass is 237 g/mol. The molecule has 0 aliphatic carbocycles. The molecule has 96 valence electrons. The van der Waals surface area contributed by atoms with E-state index in [9.17, 15) is 0 Å². The van der Waals surface area contributed by atoms with E-state index in [1.165, 1.54) is 0 Å². The van der Waals surface area contributed by atoms with E-state index in [2.05, 4.69) is 20.8 Å². The smallest absolute Gasteiger partial charge is 0.161 e. The summed E-state index contributed by atoms with van der Waals surface area (Å²) in [7, 11) is 1.64. The van der Waals surface area contributed by atoms with Gasteiger partial charge < -0.3 is 15.2 Å². The summed E-state index contributed by atoms with van der Waals surface area (Å²) in [6.07, 6.45) is 0. The van der Waals surface area contributed by atoms with Crippen molar-refractivity contribution in [2.45, 2.75) is 33.7 Å². The molecule has 3 nitrogen and oxygen atoms in total. The number of benzene rings is 1. The molecule has 0 aliphatic heterocycles. The van der Waals surface area contributed by atoms with Crippen LogP contribution in [-0.2, 0) is 0 Å². The normalized spacial score (nSPS) is 13.3. The molecule has 0 bridgehead atoms. The maximum Gasteiger partial charge on any atom is 0.161 e. The molecular formula is C14H23NO2. The van der Waals surface area contributed by atoms with Crippen molar-refractivity contribution in [2.24, 2.45) is 11.1 Å². The van der Waals surface area contributed by atoms with Crippen LogP contribution >= 0.6 is 0 Å². The van der Waals surface area contributed by atoms with Gasteiger partial charge in [0.15, 0.2) is 11.5 Å². The average Bonchev–Trinajstić information content (AvgIpc) is 2.28. The van der Waals surface area contributed by atoms with E-state index in [1.54, 1.807) is 7.11 Å². The van der Waals surface area contributed by atoms with Gasteiger partial charge in [-0.1, -0.05) is 26.8 Å². The van der Waals surface area contributed by atoms with Crippen LogP contribution in [0.15, 0.2) is 18.2 Å². The predicted molar refractivity (Wildman–Crippen MR) is 70.5 cm³/mol. The highest BCUT2D eigenvalue weighted by atomic mass is 16.5. The first kappa shape index (κ1) is 13.8. The molecule has 0 aromatic heterocycles. The van der Waals surface area contributed by atoms with E-state index in [4.69, 9.17) is 15.2 Å². The first-order chi connectivity index (χ1) is 7.90. The molecule has 0 radical (unpaired) electrons. The molecule has 1 aromatic carbocycles. The maximum absolute atomic E-state index is 6.22. The fourth-order valence-corrected chi connectivity index (χ4v) is 1.65. The maximum atomic E-state index is 6.22. The molecule has 17 heavy (non-hydrogen) atoms. The molecule has 0 saturated heterocycles. The fourth-order valence-electron chi connectivity index (χ4n) is 1.65. The van der Waals surface area contributed by atoms with Crippen molar-refractivity contribution in [3.8, 4) is 11.5 Å². The molecule has 0 unspecified atom stereocenters. The van der Waals surface area contributed by atoms with Crippen LogP contribution < -0.4 is 15.2 Å². The standard InChI is InChI=1S/C14H23NO2/c1-6-17-11-8-7-10(9-12(11)16-5)13(15)14(2,3)4/h7-9,13H,6,15H2,1-5H3/t13-/m1/s1. The van der Waals surface area contributed by atoms with Crippen molar-refractivity contribution in [1.29, 1.82) is 0 Å². The second-order valence-electron chi connectivity index (χ2n) is 5.19. The predicted octanol–water partition coefficient (Wildman–Crippen LogP) is 3.14. The van der Waals surface area contributed by atoms with Gasteiger partial charge in [-0.05, 0) is 30.0 Å². The van der Waals surface area contributed by atoms with E-state index in [-0.39, 0.29) is 11.5 Å². The molecular weight excluding hydrogens is 214 g/mol. The second-order valence-corrected chi connectivity index (χ2v) is 5.19. The van der Waals surface area contributed by atoms with Gasteiger partial charge in [0, 0.05) is 6.04 Å². The van der Waals surface area contributed by atoms with E-state index in [0.717, 1.165) is 17.1 Å². The third-order valence-corrected chi connectivity index (χ3v) is 2.78. The highest BCUT2D eigenvalue weighted by molar-refractivity contribution is 5.44. The number of hydrogen-bond donors (Lipinski definition) is 1. The summed E-state index contributed by atoms with van der Waals surface area (Å²) >= 11 is 0. The minimum Gasteiger partial charge on any atom is -0.493 e. The Morgan fingerprint density at radius 3 is 2.35 bits per heavy atom. The van der Waals surface area contributed by atoms with Gasteiger partial charge in [0.25, 0.3) is 0 Å². The minimum atomic E-state index is -0.0212. The van der Waals surface area contributed by atoms with Crippen LogP contribution in [0, 0.1) is 5.41 Å². The zero-order chi connectivity index (χ0) is 13.1. The Bertz CT molecular complexity index is 369. The summed E-state index contributed by atoms with van der Waals surface area (Å²) in [4.78, 5) is 0. The third kappa shape index (κ3) is 3.37. The average molecular weight is 237 g/mol. The lowest BCUT2D eigenvalue weighted by atomic mass is 9.83. The van der Waals surface area contributed by atoms with Crippen LogP contribution in [0.1, 0.15) is 39.3 Å². The molecule has 0 heterocycles.